The van der Waals surface area contributed by atoms with Gasteiger partial charge >= 0.3 is 27.1 Å². The smallest absolute Gasteiger partial charge is 1.00 e. The molecule has 1 unspecified atom stereocenters. The molecule has 0 saturated carbocycles. The SMILES string of the molecule is CCCCCO[P+](=O)ONCCNCCN.[H-].[Li+]. The molecule has 0 saturated heterocycles. The summed E-state index contributed by atoms with van der Waals surface area (Å²) in [6.45, 7) is 5.25. The molecule has 0 aromatic heterocycles. The summed E-state index contributed by atoms with van der Waals surface area (Å²) in [6, 6.07) is 0. The van der Waals surface area contributed by atoms with Crippen LogP contribution in [0, 0.1) is 0 Å². The van der Waals surface area contributed by atoms with Gasteiger partial charge in [0.05, 0.1) is 0 Å². The maximum Gasteiger partial charge on any atom is 1.00 e. The summed E-state index contributed by atoms with van der Waals surface area (Å²) < 4.78 is 20.8. The van der Waals surface area contributed by atoms with Crippen LogP contribution in [0.15, 0.2) is 0 Å². The van der Waals surface area contributed by atoms with Crippen LogP contribution in [0.1, 0.15) is 27.6 Å². The van der Waals surface area contributed by atoms with Gasteiger partial charge in [-0.3, -0.25) is 0 Å². The van der Waals surface area contributed by atoms with Gasteiger partial charge < -0.3 is 12.5 Å². The van der Waals surface area contributed by atoms with E-state index < -0.39 is 8.25 Å². The van der Waals surface area contributed by atoms with Crippen LogP contribution < -0.4 is 35.4 Å². The Hall–Kier alpha value is 0.497. The molecule has 1 atom stereocenters. The summed E-state index contributed by atoms with van der Waals surface area (Å²) >= 11 is 0. The minimum absolute atomic E-state index is 0. The van der Waals surface area contributed by atoms with Crippen molar-refractivity contribution >= 4 is 8.25 Å². The van der Waals surface area contributed by atoms with Crippen LogP contribution in [0.3, 0.4) is 0 Å². The van der Waals surface area contributed by atoms with Gasteiger partial charge in [-0.05, 0) is 11.0 Å². The summed E-state index contributed by atoms with van der Waals surface area (Å²) in [7, 11) is -2.04. The van der Waals surface area contributed by atoms with E-state index in [-0.39, 0.29) is 20.3 Å². The van der Waals surface area contributed by atoms with Crippen molar-refractivity contribution in [2.24, 2.45) is 5.73 Å². The van der Waals surface area contributed by atoms with Crippen LogP contribution in [0.5, 0.6) is 0 Å². The predicted molar refractivity (Wildman–Crippen MR) is 65.2 cm³/mol. The van der Waals surface area contributed by atoms with Gasteiger partial charge in [-0.2, -0.15) is 0 Å². The predicted octanol–water partition coefficient (Wildman–Crippen LogP) is -1.96. The second kappa shape index (κ2) is 16.5. The summed E-state index contributed by atoms with van der Waals surface area (Å²) in [4.78, 5) is 0. The second-order valence-electron chi connectivity index (χ2n) is 3.29. The van der Waals surface area contributed by atoms with Gasteiger partial charge in [0.1, 0.15) is 6.61 Å². The Balaban J connectivity index is -0.00000112. The van der Waals surface area contributed by atoms with Crippen molar-refractivity contribution < 1.29 is 34.0 Å². The van der Waals surface area contributed by atoms with Crippen molar-refractivity contribution in [1.29, 1.82) is 0 Å². The fraction of sp³-hybridized carbons (Fsp3) is 1.00. The summed E-state index contributed by atoms with van der Waals surface area (Å²) in [5.74, 6) is 0. The van der Waals surface area contributed by atoms with E-state index in [1.54, 1.807) is 0 Å². The van der Waals surface area contributed by atoms with E-state index in [1.807, 2.05) is 0 Å². The van der Waals surface area contributed by atoms with Crippen LogP contribution in [-0.4, -0.2) is 32.8 Å². The van der Waals surface area contributed by atoms with E-state index in [9.17, 15) is 4.57 Å². The number of hydrogen-bond acceptors (Lipinski definition) is 6. The molecule has 0 spiro atoms. The molecule has 98 valence electrons. The van der Waals surface area contributed by atoms with E-state index in [0.29, 0.717) is 19.7 Å². The molecule has 0 aromatic carbocycles. The minimum Gasteiger partial charge on any atom is -1.00 e. The van der Waals surface area contributed by atoms with Crippen LogP contribution in [0.4, 0.5) is 0 Å². The number of unbranched alkanes of at least 4 members (excludes halogenated alkanes) is 2. The maximum absolute atomic E-state index is 11.1. The first-order chi connectivity index (χ1) is 7.81. The standard InChI is InChI=1S/C9H23N3O3P.Li.H/c1-2-3-4-9-14-16(13)15-12-8-7-11-6-5-10;;/h11-12H,2-10H2,1H3;;/q2*+1;-1. The van der Waals surface area contributed by atoms with E-state index in [1.165, 1.54) is 0 Å². The fourth-order valence-electron chi connectivity index (χ4n) is 0.982. The van der Waals surface area contributed by atoms with Gasteiger partial charge in [0.15, 0.2) is 0 Å². The third kappa shape index (κ3) is 16.5. The Bertz CT molecular complexity index is 183. The Labute approximate surface area is 118 Å². The third-order valence-corrected chi connectivity index (χ3v) is 2.48. The number of nitrogens with one attached hydrogen (secondary N) is 2. The molecule has 0 aliphatic rings. The molecule has 0 aromatic rings. The van der Waals surface area contributed by atoms with Crippen molar-refractivity contribution in [2.75, 3.05) is 32.8 Å². The van der Waals surface area contributed by atoms with Gasteiger partial charge in [0.2, 0.25) is 0 Å². The monoisotopic (exact) mass is 260 g/mol. The molecule has 6 nitrogen and oxygen atoms in total. The molecular weight excluding hydrogens is 236 g/mol. The molecular formula is C9H24LiN3O3P+. The molecule has 17 heavy (non-hydrogen) atoms. The van der Waals surface area contributed by atoms with Gasteiger partial charge in [0.25, 0.3) is 0 Å². The van der Waals surface area contributed by atoms with Gasteiger partial charge in [-0.25, -0.2) is 0 Å². The van der Waals surface area contributed by atoms with Crippen molar-refractivity contribution in [3.8, 4) is 0 Å². The van der Waals surface area contributed by atoms with Crippen LogP contribution in [0.25, 0.3) is 0 Å². The van der Waals surface area contributed by atoms with Crippen molar-refractivity contribution in [1.82, 2.24) is 10.8 Å². The zero-order valence-electron chi connectivity index (χ0n) is 11.9. The van der Waals surface area contributed by atoms with Crippen molar-refractivity contribution in [3.63, 3.8) is 0 Å². The Morgan fingerprint density at radius 1 is 1.29 bits per heavy atom. The first-order valence-electron chi connectivity index (χ1n) is 5.72. The summed E-state index contributed by atoms with van der Waals surface area (Å²) in [5.41, 5.74) is 7.86. The van der Waals surface area contributed by atoms with Crippen LogP contribution >= 0.6 is 8.25 Å². The zero-order valence-corrected chi connectivity index (χ0v) is 11.8. The van der Waals surface area contributed by atoms with E-state index >= 15 is 0 Å². The number of hydrogen-bond donors (Lipinski definition) is 3. The van der Waals surface area contributed by atoms with Crippen molar-refractivity contribution in [2.45, 2.75) is 26.2 Å². The molecule has 8 heteroatoms. The number of nitrogens with two attached hydrogens (primary N) is 1. The molecule has 0 amide bonds. The summed E-state index contributed by atoms with van der Waals surface area (Å²) in [6.07, 6.45) is 3.12. The van der Waals surface area contributed by atoms with Gasteiger partial charge in [-0.15, -0.1) is 10.0 Å². The molecule has 0 radical (unpaired) electrons. The average molecular weight is 260 g/mol. The normalized spacial score (nSPS) is 11.1. The zero-order chi connectivity index (χ0) is 12.1. The minimum atomic E-state index is -2.04. The van der Waals surface area contributed by atoms with Crippen LogP contribution in [-0.2, 0) is 13.7 Å². The topological polar surface area (TPSA) is 85.6 Å². The summed E-state index contributed by atoms with van der Waals surface area (Å²) in [5, 5.41) is 3.07. The Morgan fingerprint density at radius 2 is 2.06 bits per heavy atom. The van der Waals surface area contributed by atoms with Gasteiger partial charge in [0, 0.05) is 30.7 Å². The molecule has 0 rings (SSSR count). The average Bonchev–Trinajstić information content (AvgIpc) is 2.29. The molecule has 0 bridgehead atoms. The van der Waals surface area contributed by atoms with E-state index in [2.05, 4.69) is 17.7 Å². The second-order valence-corrected chi connectivity index (χ2v) is 4.18. The molecule has 0 aliphatic carbocycles. The Kier molecular flexibility index (Phi) is 19.2. The molecule has 0 aliphatic heterocycles. The quantitative estimate of drug-likeness (QED) is 0.163. The van der Waals surface area contributed by atoms with Crippen LogP contribution in [0.2, 0.25) is 0 Å². The molecule has 0 fully saturated rings. The maximum atomic E-state index is 11.1. The molecule has 4 N–H and O–H groups in total. The number of rotatable bonds is 12. The largest absolute Gasteiger partial charge is 1.00 e. The van der Waals surface area contributed by atoms with Crippen molar-refractivity contribution in [3.05, 3.63) is 0 Å². The molecule has 0 heterocycles. The first kappa shape index (κ1) is 19.8. The third-order valence-electron chi connectivity index (χ3n) is 1.81. The van der Waals surface area contributed by atoms with E-state index in [0.717, 1.165) is 32.4 Å². The van der Waals surface area contributed by atoms with E-state index in [4.69, 9.17) is 14.9 Å². The van der Waals surface area contributed by atoms with Gasteiger partial charge in [-0.1, -0.05) is 19.8 Å². The number of hydroxylamine groups is 1. The first-order valence-corrected chi connectivity index (χ1v) is 6.81. The fourth-order valence-corrected chi connectivity index (χ4v) is 1.51. The Morgan fingerprint density at radius 3 is 2.71 bits per heavy atom.